The van der Waals surface area contributed by atoms with Crippen molar-refractivity contribution in [2.24, 2.45) is 0 Å². The van der Waals surface area contributed by atoms with Crippen LogP contribution in [-0.4, -0.2) is 34.7 Å². The third kappa shape index (κ3) is 2.41. The van der Waals surface area contributed by atoms with Gasteiger partial charge in [0.05, 0.1) is 18.8 Å². The van der Waals surface area contributed by atoms with Gasteiger partial charge in [-0.25, -0.2) is 0 Å². The molecule has 0 unspecified atom stereocenters. The molecule has 4 nitrogen and oxygen atoms in total. The van der Waals surface area contributed by atoms with Crippen molar-refractivity contribution >= 4 is 0 Å². The molecule has 1 aromatic rings. The van der Waals surface area contributed by atoms with Crippen LogP contribution in [0.4, 0.5) is 0 Å². The Hall–Kier alpha value is -0.970. The second kappa shape index (κ2) is 4.61. The molecule has 1 aliphatic carbocycles. The van der Waals surface area contributed by atoms with E-state index in [1.165, 1.54) is 0 Å². The van der Waals surface area contributed by atoms with E-state index in [0.717, 1.165) is 31.2 Å². The molecule has 1 aromatic heterocycles. The molecule has 1 aliphatic heterocycles. The quantitative estimate of drug-likeness (QED) is 0.866. The molecule has 98 valence electrons. The number of rotatable bonds is 2. The molecule has 0 bridgehead atoms. The monoisotopic (exact) mass is 249 g/mol. The third-order valence-electron chi connectivity index (χ3n) is 4.01. The summed E-state index contributed by atoms with van der Waals surface area (Å²) in [7, 11) is 0. The van der Waals surface area contributed by atoms with Gasteiger partial charge in [-0.15, -0.1) is 0 Å². The van der Waals surface area contributed by atoms with Crippen molar-refractivity contribution in [3.05, 3.63) is 30.1 Å². The van der Waals surface area contributed by atoms with Gasteiger partial charge in [0, 0.05) is 31.7 Å². The Bertz CT molecular complexity index is 391. The molecule has 3 rings (SSSR count). The lowest BCUT2D eigenvalue weighted by molar-refractivity contribution is -0.202. The normalized spacial score (nSPS) is 25.4. The highest BCUT2D eigenvalue weighted by Gasteiger charge is 2.45. The number of hydrogen-bond acceptors (Lipinski definition) is 4. The summed E-state index contributed by atoms with van der Waals surface area (Å²) >= 11 is 0. The van der Waals surface area contributed by atoms with Crippen molar-refractivity contribution in [1.82, 2.24) is 4.98 Å². The molecule has 2 heterocycles. The fourth-order valence-corrected chi connectivity index (χ4v) is 2.94. The molecule has 0 aromatic carbocycles. The highest BCUT2D eigenvalue weighted by molar-refractivity contribution is 5.12. The second-order valence-corrected chi connectivity index (χ2v) is 5.37. The Morgan fingerprint density at radius 2 is 1.89 bits per heavy atom. The first-order valence-electron chi connectivity index (χ1n) is 6.59. The van der Waals surface area contributed by atoms with Gasteiger partial charge in [-0.1, -0.05) is 6.07 Å². The molecular weight excluding hydrogens is 230 g/mol. The molecule has 2 aliphatic rings. The molecule has 1 saturated heterocycles. The van der Waals surface area contributed by atoms with Crippen molar-refractivity contribution in [3.63, 3.8) is 0 Å². The number of ether oxygens (including phenoxy) is 2. The Morgan fingerprint density at radius 1 is 1.17 bits per heavy atom. The largest absolute Gasteiger partial charge is 0.390 e. The minimum absolute atomic E-state index is 0.402. The maximum Gasteiger partial charge on any atom is 0.168 e. The van der Waals surface area contributed by atoms with E-state index < -0.39 is 11.4 Å². The summed E-state index contributed by atoms with van der Waals surface area (Å²) < 4.78 is 11.4. The fourth-order valence-electron chi connectivity index (χ4n) is 2.94. The van der Waals surface area contributed by atoms with Crippen molar-refractivity contribution in [1.29, 1.82) is 0 Å². The molecule has 1 spiro atoms. The van der Waals surface area contributed by atoms with E-state index in [4.69, 9.17) is 9.47 Å². The average molecular weight is 249 g/mol. The average Bonchev–Trinajstić information content (AvgIpc) is 2.84. The molecule has 0 amide bonds. The number of aliphatic hydroxyl groups is 1. The Labute approximate surface area is 107 Å². The SMILES string of the molecule is OC1(Cc2cccnc2)CCC2(CC1)OCCO2. The van der Waals surface area contributed by atoms with Gasteiger partial charge in [-0.3, -0.25) is 4.98 Å². The van der Waals surface area contributed by atoms with E-state index >= 15 is 0 Å². The molecule has 0 radical (unpaired) electrons. The second-order valence-electron chi connectivity index (χ2n) is 5.37. The number of hydrogen-bond donors (Lipinski definition) is 1. The zero-order valence-corrected chi connectivity index (χ0v) is 10.5. The topological polar surface area (TPSA) is 51.6 Å². The number of nitrogens with zero attached hydrogens (tertiary/aromatic N) is 1. The predicted octanol–water partition coefficient (Wildman–Crippen LogP) is 1.67. The molecule has 0 atom stereocenters. The Kier molecular flexibility index (Phi) is 3.09. The van der Waals surface area contributed by atoms with E-state index in [9.17, 15) is 5.11 Å². The van der Waals surface area contributed by atoms with Crippen LogP contribution in [0.25, 0.3) is 0 Å². The minimum Gasteiger partial charge on any atom is -0.390 e. The van der Waals surface area contributed by atoms with Crippen molar-refractivity contribution < 1.29 is 14.6 Å². The standard InChI is InChI=1S/C14H19NO3/c16-13(10-12-2-1-7-15-11-12)3-5-14(6-4-13)17-8-9-18-14/h1-2,7,11,16H,3-6,8-10H2. The van der Waals surface area contributed by atoms with Gasteiger partial charge in [-0.2, -0.15) is 0 Å². The van der Waals surface area contributed by atoms with Crippen LogP contribution in [0.15, 0.2) is 24.5 Å². The van der Waals surface area contributed by atoms with Gasteiger partial charge in [0.15, 0.2) is 5.79 Å². The minimum atomic E-state index is -0.635. The van der Waals surface area contributed by atoms with E-state index in [1.807, 2.05) is 18.3 Å². The summed E-state index contributed by atoms with van der Waals surface area (Å²) in [6.07, 6.45) is 7.25. The summed E-state index contributed by atoms with van der Waals surface area (Å²) in [5.74, 6) is -0.402. The van der Waals surface area contributed by atoms with Crippen LogP contribution in [0.2, 0.25) is 0 Å². The maximum absolute atomic E-state index is 10.6. The van der Waals surface area contributed by atoms with Crippen LogP contribution in [0, 0.1) is 0 Å². The lowest BCUT2D eigenvalue weighted by atomic mass is 9.78. The first-order chi connectivity index (χ1) is 8.70. The van der Waals surface area contributed by atoms with Gasteiger partial charge >= 0.3 is 0 Å². The fraction of sp³-hybridized carbons (Fsp3) is 0.643. The Morgan fingerprint density at radius 3 is 2.50 bits per heavy atom. The van der Waals surface area contributed by atoms with E-state index in [0.29, 0.717) is 19.6 Å². The van der Waals surface area contributed by atoms with E-state index in [1.54, 1.807) is 6.20 Å². The summed E-state index contributed by atoms with van der Waals surface area (Å²) in [6, 6.07) is 3.92. The first kappa shape index (κ1) is 12.1. The van der Waals surface area contributed by atoms with Crippen LogP contribution < -0.4 is 0 Å². The summed E-state index contributed by atoms with van der Waals surface area (Å²) in [5.41, 5.74) is 0.452. The van der Waals surface area contributed by atoms with Gasteiger partial charge in [0.25, 0.3) is 0 Å². The summed E-state index contributed by atoms with van der Waals surface area (Å²) in [4.78, 5) is 4.09. The van der Waals surface area contributed by atoms with Gasteiger partial charge < -0.3 is 14.6 Å². The van der Waals surface area contributed by atoms with Gasteiger partial charge in [0.1, 0.15) is 0 Å². The number of pyridine rings is 1. The zero-order chi connectivity index (χ0) is 12.5. The van der Waals surface area contributed by atoms with Crippen LogP contribution in [0.5, 0.6) is 0 Å². The molecule has 4 heteroatoms. The Balaban J connectivity index is 1.63. The van der Waals surface area contributed by atoms with E-state index in [2.05, 4.69) is 4.98 Å². The van der Waals surface area contributed by atoms with Gasteiger partial charge in [-0.05, 0) is 24.5 Å². The van der Waals surface area contributed by atoms with Gasteiger partial charge in [0.2, 0.25) is 0 Å². The lowest BCUT2D eigenvalue weighted by Gasteiger charge is -2.40. The van der Waals surface area contributed by atoms with Crippen molar-refractivity contribution in [2.45, 2.75) is 43.5 Å². The smallest absolute Gasteiger partial charge is 0.168 e. The highest BCUT2D eigenvalue weighted by Crippen LogP contribution is 2.41. The predicted molar refractivity (Wildman–Crippen MR) is 66.0 cm³/mol. The summed E-state index contributed by atoms with van der Waals surface area (Å²) in [6.45, 7) is 1.36. The summed E-state index contributed by atoms with van der Waals surface area (Å²) in [5, 5.41) is 10.6. The van der Waals surface area contributed by atoms with E-state index in [-0.39, 0.29) is 0 Å². The zero-order valence-electron chi connectivity index (χ0n) is 10.5. The highest BCUT2D eigenvalue weighted by atomic mass is 16.7. The number of aromatic nitrogens is 1. The first-order valence-corrected chi connectivity index (χ1v) is 6.59. The molecule has 1 saturated carbocycles. The molecule has 1 N–H and O–H groups in total. The third-order valence-corrected chi connectivity index (χ3v) is 4.01. The van der Waals surface area contributed by atoms with Crippen LogP contribution in [0.1, 0.15) is 31.2 Å². The van der Waals surface area contributed by atoms with Crippen molar-refractivity contribution in [3.8, 4) is 0 Å². The molecule has 2 fully saturated rings. The maximum atomic E-state index is 10.6. The van der Waals surface area contributed by atoms with Crippen LogP contribution in [0.3, 0.4) is 0 Å². The van der Waals surface area contributed by atoms with Crippen molar-refractivity contribution in [2.75, 3.05) is 13.2 Å². The van der Waals surface area contributed by atoms with Crippen LogP contribution >= 0.6 is 0 Å². The lowest BCUT2D eigenvalue weighted by Crippen LogP contribution is -2.44. The molecule has 18 heavy (non-hydrogen) atoms. The van der Waals surface area contributed by atoms with Crippen LogP contribution in [-0.2, 0) is 15.9 Å². The molecular formula is C14H19NO3.